The van der Waals surface area contributed by atoms with E-state index in [4.69, 9.17) is 16.3 Å². The van der Waals surface area contributed by atoms with Gasteiger partial charge in [0.05, 0.1) is 12.8 Å². The average Bonchev–Trinajstić information content (AvgIpc) is 2.54. The molecule has 1 atom stereocenters. The van der Waals surface area contributed by atoms with Crippen LogP contribution in [0.15, 0.2) is 24.4 Å². The van der Waals surface area contributed by atoms with Crippen molar-refractivity contribution in [2.24, 2.45) is 0 Å². The number of ether oxygens (including phenoxy) is 1. The van der Waals surface area contributed by atoms with Gasteiger partial charge in [-0.05, 0) is 24.1 Å². The van der Waals surface area contributed by atoms with Crippen LogP contribution in [0.5, 0.6) is 5.75 Å². The topological polar surface area (TPSA) is 84.3 Å². The van der Waals surface area contributed by atoms with Gasteiger partial charge in [-0.15, -0.1) is 0 Å². The average molecular weight is 424 g/mol. The summed E-state index contributed by atoms with van der Waals surface area (Å²) in [7, 11) is -1.88. The highest BCUT2D eigenvalue weighted by atomic mass is 35.5. The third-order valence-electron chi connectivity index (χ3n) is 3.56. The molecular weight excluding hydrogens is 406 g/mol. The Bertz CT molecular complexity index is 865. The zero-order valence-electron chi connectivity index (χ0n) is 14.5. The first kappa shape index (κ1) is 21.5. The summed E-state index contributed by atoms with van der Waals surface area (Å²) in [6.07, 6.45) is -3.25. The number of benzene rings is 1. The summed E-state index contributed by atoms with van der Waals surface area (Å²) in [5, 5.41) is 2.00. The molecule has 1 aromatic heterocycles. The molecule has 1 unspecified atom stereocenters. The van der Waals surface area contributed by atoms with E-state index in [-0.39, 0.29) is 18.3 Å². The summed E-state index contributed by atoms with van der Waals surface area (Å²) in [6.45, 7) is 1.83. The molecule has 2 rings (SSSR count). The lowest BCUT2D eigenvalue weighted by molar-refractivity contribution is -0.137. The lowest BCUT2D eigenvalue weighted by Gasteiger charge is -2.15. The fourth-order valence-corrected chi connectivity index (χ4v) is 4.24. The zero-order valence-corrected chi connectivity index (χ0v) is 16.2. The lowest BCUT2D eigenvalue weighted by atomic mass is 10.2. The predicted octanol–water partition coefficient (Wildman–Crippen LogP) is 5.08. The summed E-state index contributed by atoms with van der Waals surface area (Å²) in [5.74, 6) is 0.182. The normalized spacial score (nSPS) is 13.9. The largest absolute Gasteiger partial charge is 0.495 e. The van der Waals surface area contributed by atoms with E-state index in [1.807, 2.05) is 6.92 Å². The van der Waals surface area contributed by atoms with Gasteiger partial charge in [0.25, 0.3) is 0 Å². The van der Waals surface area contributed by atoms with Crippen LogP contribution >= 0.6 is 19.0 Å². The number of halogens is 4. The van der Waals surface area contributed by atoms with Gasteiger partial charge in [-0.2, -0.15) is 13.2 Å². The first-order valence-corrected chi connectivity index (χ1v) is 10.3. The number of anilines is 2. The van der Waals surface area contributed by atoms with Gasteiger partial charge in [0.2, 0.25) is 13.3 Å². The van der Waals surface area contributed by atoms with Crippen LogP contribution in [0.1, 0.15) is 24.5 Å². The van der Waals surface area contributed by atoms with Gasteiger partial charge in [-0.3, -0.25) is 4.57 Å². The highest BCUT2D eigenvalue weighted by Gasteiger charge is 2.34. The predicted molar refractivity (Wildman–Crippen MR) is 97.0 cm³/mol. The Morgan fingerprint density at radius 2 is 2.07 bits per heavy atom. The van der Waals surface area contributed by atoms with E-state index in [2.05, 4.69) is 15.3 Å². The van der Waals surface area contributed by atoms with Gasteiger partial charge in [0.15, 0.2) is 0 Å². The van der Waals surface area contributed by atoms with Crippen molar-refractivity contribution in [2.45, 2.75) is 25.7 Å². The lowest BCUT2D eigenvalue weighted by Crippen LogP contribution is -2.09. The Hall–Kier alpha value is -1.83. The van der Waals surface area contributed by atoms with E-state index in [9.17, 15) is 22.6 Å². The molecule has 0 aliphatic heterocycles. The molecule has 1 heterocycles. The molecule has 1 aromatic carbocycles. The van der Waals surface area contributed by atoms with Crippen molar-refractivity contribution in [2.75, 3.05) is 18.6 Å². The van der Waals surface area contributed by atoms with Gasteiger partial charge in [0.1, 0.15) is 16.5 Å². The molecular formula is C16H18ClF3N3O3P. The van der Waals surface area contributed by atoms with Gasteiger partial charge < -0.3 is 14.9 Å². The SMILES string of the molecule is CCCP(=O)(O)Cc1ccc(Nc2ncc(C(F)(F)F)c(Cl)n2)c(OC)c1. The molecule has 0 aliphatic carbocycles. The van der Waals surface area contributed by atoms with Gasteiger partial charge in [-0.25, -0.2) is 9.97 Å². The molecule has 148 valence electrons. The summed E-state index contributed by atoms with van der Waals surface area (Å²) in [5.41, 5.74) is -0.157. The van der Waals surface area contributed by atoms with E-state index in [1.54, 1.807) is 18.2 Å². The Morgan fingerprint density at radius 3 is 2.63 bits per heavy atom. The number of aromatic nitrogens is 2. The van der Waals surface area contributed by atoms with Crippen LogP contribution in [0.25, 0.3) is 0 Å². The van der Waals surface area contributed by atoms with Gasteiger partial charge >= 0.3 is 6.18 Å². The first-order chi connectivity index (χ1) is 12.6. The van der Waals surface area contributed by atoms with E-state index in [0.717, 1.165) is 0 Å². The molecule has 0 bridgehead atoms. The van der Waals surface area contributed by atoms with E-state index < -0.39 is 24.3 Å². The fourth-order valence-electron chi connectivity index (χ4n) is 2.38. The second kappa shape index (κ2) is 8.46. The minimum absolute atomic E-state index is 0.0000871. The van der Waals surface area contributed by atoms with Crippen LogP contribution in [0.2, 0.25) is 5.15 Å². The van der Waals surface area contributed by atoms with Crippen molar-refractivity contribution in [3.63, 3.8) is 0 Å². The number of nitrogens with zero attached hydrogens (tertiary/aromatic N) is 2. The monoisotopic (exact) mass is 423 g/mol. The molecule has 2 aromatic rings. The molecule has 0 saturated carbocycles. The maximum absolute atomic E-state index is 12.7. The summed E-state index contributed by atoms with van der Waals surface area (Å²) in [6, 6.07) is 4.76. The van der Waals surface area contributed by atoms with E-state index in [1.165, 1.54) is 7.11 Å². The van der Waals surface area contributed by atoms with Crippen molar-refractivity contribution >= 4 is 30.6 Å². The number of hydrogen-bond acceptors (Lipinski definition) is 5. The molecule has 11 heteroatoms. The summed E-state index contributed by atoms with van der Waals surface area (Å²) in [4.78, 5) is 17.1. The van der Waals surface area contributed by atoms with Crippen LogP contribution in [-0.2, 0) is 16.9 Å². The highest BCUT2D eigenvalue weighted by Crippen LogP contribution is 2.45. The molecule has 2 N–H and O–H groups in total. The highest BCUT2D eigenvalue weighted by molar-refractivity contribution is 7.57. The zero-order chi connectivity index (χ0) is 20.2. The van der Waals surface area contributed by atoms with Crippen LogP contribution in [0.4, 0.5) is 24.8 Å². The van der Waals surface area contributed by atoms with Crippen LogP contribution in [0.3, 0.4) is 0 Å². The summed E-state index contributed by atoms with van der Waals surface area (Å²) < 4.78 is 55.5. The molecule has 0 aliphatic rings. The smallest absolute Gasteiger partial charge is 0.420 e. The second-order valence-electron chi connectivity index (χ2n) is 5.78. The van der Waals surface area contributed by atoms with Crippen molar-refractivity contribution < 1.29 is 27.4 Å². The van der Waals surface area contributed by atoms with Crippen LogP contribution in [0, 0.1) is 0 Å². The molecule has 0 radical (unpaired) electrons. The van der Waals surface area contributed by atoms with Crippen molar-refractivity contribution in [3.8, 4) is 5.75 Å². The van der Waals surface area contributed by atoms with Crippen molar-refractivity contribution in [1.82, 2.24) is 9.97 Å². The minimum Gasteiger partial charge on any atom is -0.495 e. The molecule has 0 spiro atoms. The summed E-state index contributed by atoms with van der Waals surface area (Å²) >= 11 is 5.58. The minimum atomic E-state index is -4.65. The van der Waals surface area contributed by atoms with Gasteiger partial charge in [-0.1, -0.05) is 24.6 Å². The number of methoxy groups -OCH3 is 1. The molecule has 0 saturated heterocycles. The van der Waals surface area contributed by atoms with Crippen LogP contribution in [-0.4, -0.2) is 28.1 Å². The van der Waals surface area contributed by atoms with E-state index in [0.29, 0.717) is 29.6 Å². The maximum Gasteiger partial charge on any atom is 0.420 e. The molecule has 0 fully saturated rings. The standard InChI is InChI=1S/C16H18ClF3N3O3P/c1-3-6-27(24,25)9-10-4-5-12(13(7-10)26-2)22-15-21-8-11(14(17)23-15)16(18,19)20/h4-5,7-8H,3,6,9H2,1-2H3,(H,24,25)(H,21,22,23). The first-order valence-electron chi connectivity index (χ1n) is 7.90. The Labute approximate surface area is 159 Å². The Balaban J connectivity index is 2.24. The number of nitrogens with one attached hydrogen (secondary N) is 1. The molecule has 27 heavy (non-hydrogen) atoms. The number of rotatable bonds is 7. The van der Waals surface area contributed by atoms with Gasteiger partial charge in [0, 0.05) is 18.5 Å². The fraction of sp³-hybridized carbons (Fsp3) is 0.375. The number of alkyl halides is 3. The number of hydrogen-bond donors (Lipinski definition) is 2. The Morgan fingerprint density at radius 1 is 1.37 bits per heavy atom. The maximum atomic E-state index is 12.7. The van der Waals surface area contributed by atoms with Crippen molar-refractivity contribution in [1.29, 1.82) is 0 Å². The molecule has 0 amide bonds. The quantitative estimate of drug-likeness (QED) is 0.477. The van der Waals surface area contributed by atoms with Crippen molar-refractivity contribution in [3.05, 3.63) is 40.7 Å². The second-order valence-corrected chi connectivity index (χ2v) is 8.60. The van der Waals surface area contributed by atoms with Crippen LogP contribution < -0.4 is 10.1 Å². The Kier molecular flexibility index (Phi) is 6.72. The third kappa shape index (κ3) is 5.82. The molecule has 6 nitrogen and oxygen atoms in total. The van der Waals surface area contributed by atoms with E-state index >= 15 is 0 Å². The third-order valence-corrected chi connectivity index (χ3v) is 5.86.